The Morgan fingerprint density at radius 1 is 0.682 bits per heavy atom. The molecule has 0 saturated heterocycles. The van der Waals surface area contributed by atoms with Crippen molar-refractivity contribution in [1.29, 1.82) is 0 Å². The lowest BCUT2D eigenvalue weighted by molar-refractivity contribution is -0.137. The zero-order valence-corrected chi connectivity index (χ0v) is 14.3. The molecule has 0 unspecified atom stereocenters. The van der Waals surface area contributed by atoms with Gasteiger partial charge in [-0.3, -0.25) is 4.79 Å². The molecular formula is C20H34O2. The lowest BCUT2D eigenvalue weighted by atomic mass is 10.1. The van der Waals surface area contributed by atoms with Gasteiger partial charge in [0.2, 0.25) is 0 Å². The summed E-state index contributed by atoms with van der Waals surface area (Å²) in [6.45, 7) is 2.17. The van der Waals surface area contributed by atoms with E-state index in [-0.39, 0.29) is 0 Å². The summed E-state index contributed by atoms with van der Waals surface area (Å²) in [6.07, 6.45) is 26.3. The van der Waals surface area contributed by atoms with E-state index >= 15 is 0 Å². The Bertz CT molecular complexity index is 327. The molecule has 1 N–H and O–H groups in total. The Balaban J connectivity index is 3.22. The first-order valence-electron chi connectivity index (χ1n) is 8.94. The quantitative estimate of drug-likeness (QED) is 0.279. The van der Waals surface area contributed by atoms with E-state index in [1.54, 1.807) is 0 Å². The van der Waals surface area contributed by atoms with Gasteiger partial charge in [0.1, 0.15) is 0 Å². The Morgan fingerprint density at radius 3 is 1.59 bits per heavy atom. The summed E-state index contributed by atoms with van der Waals surface area (Å²) in [5, 5.41) is 8.52. The summed E-state index contributed by atoms with van der Waals surface area (Å²) < 4.78 is 0. The number of rotatable bonds is 15. The molecule has 0 bridgehead atoms. The summed E-state index contributed by atoms with van der Waals surface area (Å²) in [5.41, 5.74) is 0. The number of unbranched alkanes of at least 4 members (excludes halogenated alkanes) is 7. The number of hydrogen-bond acceptors (Lipinski definition) is 1. The van der Waals surface area contributed by atoms with Gasteiger partial charge in [-0.15, -0.1) is 0 Å². The molecular weight excluding hydrogens is 272 g/mol. The molecule has 0 aromatic heterocycles. The molecule has 126 valence electrons. The molecule has 0 amide bonds. The van der Waals surface area contributed by atoms with Crippen LogP contribution in [0.5, 0.6) is 0 Å². The summed E-state index contributed by atoms with van der Waals surface area (Å²) in [4.78, 5) is 10.3. The van der Waals surface area contributed by atoms with Crippen LogP contribution >= 0.6 is 0 Å². The van der Waals surface area contributed by atoms with Gasteiger partial charge in [-0.05, 0) is 64.2 Å². The third kappa shape index (κ3) is 18.7. The summed E-state index contributed by atoms with van der Waals surface area (Å²) in [5.74, 6) is -0.680. The highest BCUT2D eigenvalue weighted by atomic mass is 16.4. The first-order valence-corrected chi connectivity index (χ1v) is 8.94. The van der Waals surface area contributed by atoms with Gasteiger partial charge in [-0.25, -0.2) is 0 Å². The van der Waals surface area contributed by atoms with Gasteiger partial charge in [0.05, 0.1) is 0 Å². The van der Waals surface area contributed by atoms with Crippen LogP contribution in [0.1, 0.15) is 84.0 Å². The molecule has 0 aromatic carbocycles. The van der Waals surface area contributed by atoms with Crippen LogP contribution in [0.2, 0.25) is 0 Å². The number of aliphatic carboxylic acids is 1. The summed E-state index contributed by atoms with van der Waals surface area (Å²) in [6, 6.07) is 0. The number of carboxylic acid groups (broad SMARTS) is 1. The molecule has 22 heavy (non-hydrogen) atoms. The predicted octanol–water partition coefficient (Wildman–Crippen LogP) is 6.44. The van der Waals surface area contributed by atoms with Gasteiger partial charge in [0.15, 0.2) is 0 Å². The fraction of sp³-hybridized carbons (Fsp3) is 0.650. The van der Waals surface area contributed by atoms with Crippen molar-refractivity contribution in [1.82, 2.24) is 0 Å². The van der Waals surface area contributed by atoms with E-state index in [2.05, 4.69) is 43.4 Å². The van der Waals surface area contributed by atoms with Gasteiger partial charge in [0.25, 0.3) is 0 Å². The fourth-order valence-corrected chi connectivity index (χ4v) is 2.18. The second kappa shape index (κ2) is 17.7. The highest BCUT2D eigenvalue weighted by Crippen LogP contribution is 2.06. The van der Waals surface area contributed by atoms with Crippen LogP contribution < -0.4 is 0 Å². The SMILES string of the molecule is CCC=CCCCC=CCCCC=CCCCCCC(=O)O. The fourth-order valence-electron chi connectivity index (χ4n) is 2.18. The maximum absolute atomic E-state index is 10.3. The second-order valence-electron chi connectivity index (χ2n) is 5.68. The van der Waals surface area contributed by atoms with Gasteiger partial charge in [-0.1, -0.05) is 49.8 Å². The molecule has 0 fully saturated rings. The molecule has 0 radical (unpaired) electrons. The molecule has 0 spiro atoms. The van der Waals surface area contributed by atoms with Crippen molar-refractivity contribution in [3.05, 3.63) is 36.5 Å². The van der Waals surface area contributed by atoms with E-state index in [1.165, 1.54) is 32.1 Å². The Kier molecular flexibility index (Phi) is 16.7. The summed E-state index contributed by atoms with van der Waals surface area (Å²) >= 11 is 0. The van der Waals surface area contributed by atoms with Crippen LogP contribution in [0.25, 0.3) is 0 Å². The van der Waals surface area contributed by atoms with Crippen molar-refractivity contribution < 1.29 is 9.90 Å². The predicted molar refractivity (Wildman–Crippen MR) is 96.1 cm³/mol. The van der Waals surface area contributed by atoms with Crippen LogP contribution in [0, 0.1) is 0 Å². The molecule has 0 saturated carbocycles. The highest BCUT2D eigenvalue weighted by Gasteiger charge is 1.94. The van der Waals surface area contributed by atoms with Gasteiger partial charge in [0, 0.05) is 6.42 Å². The third-order valence-electron chi connectivity index (χ3n) is 3.48. The van der Waals surface area contributed by atoms with E-state index in [0.717, 1.165) is 38.5 Å². The molecule has 0 heterocycles. The van der Waals surface area contributed by atoms with Crippen molar-refractivity contribution >= 4 is 5.97 Å². The van der Waals surface area contributed by atoms with Crippen LogP contribution in [0.4, 0.5) is 0 Å². The maximum Gasteiger partial charge on any atom is 0.303 e. The molecule has 0 aliphatic rings. The minimum atomic E-state index is -0.680. The molecule has 0 rings (SSSR count). The second-order valence-corrected chi connectivity index (χ2v) is 5.68. The van der Waals surface area contributed by atoms with Crippen molar-refractivity contribution in [2.75, 3.05) is 0 Å². The Labute approximate surface area is 137 Å². The molecule has 0 aliphatic carbocycles. The van der Waals surface area contributed by atoms with Crippen LogP contribution in [-0.4, -0.2) is 11.1 Å². The Morgan fingerprint density at radius 2 is 1.14 bits per heavy atom. The Hall–Kier alpha value is -1.31. The number of hydrogen-bond donors (Lipinski definition) is 1. The maximum atomic E-state index is 10.3. The largest absolute Gasteiger partial charge is 0.481 e. The van der Waals surface area contributed by atoms with Crippen molar-refractivity contribution in [3.8, 4) is 0 Å². The van der Waals surface area contributed by atoms with Crippen molar-refractivity contribution in [3.63, 3.8) is 0 Å². The van der Waals surface area contributed by atoms with Crippen molar-refractivity contribution in [2.45, 2.75) is 84.0 Å². The van der Waals surface area contributed by atoms with E-state index < -0.39 is 5.97 Å². The molecule has 0 aliphatic heterocycles. The van der Waals surface area contributed by atoms with Crippen LogP contribution in [0.3, 0.4) is 0 Å². The zero-order valence-electron chi connectivity index (χ0n) is 14.3. The third-order valence-corrected chi connectivity index (χ3v) is 3.48. The minimum Gasteiger partial charge on any atom is -0.481 e. The molecule has 0 aromatic rings. The minimum absolute atomic E-state index is 0.310. The lowest BCUT2D eigenvalue weighted by Crippen LogP contribution is -1.93. The van der Waals surface area contributed by atoms with E-state index in [9.17, 15) is 4.79 Å². The molecule has 2 nitrogen and oxygen atoms in total. The van der Waals surface area contributed by atoms with Gasteiger partial charge >= 0.3 is 5.97 Å². The average molecular weight is 306 g/mol. The van der Waals surface area contributed by atoms with Gasteiger partial charge < -0.3 is 5.11 Å². The zero-order chi connectivity index (χ0) is 16.3. The molecule has 0 atom stereocenters. The van der Waals surface area contributed by atoms with Crippen molar-refractivity contribution in [2.24, 2.45) is 0 Å². The van der Waals surface area contributed by atoms with E-state index in [1.807, 2.05) is 0 Å². The van der Waals surface area contributed by atoms with E-state index in [0.29, 0.717) is 6.42 Å². The number of carboxylic acids is 1. The number of carbonyl (C=O) groups is 1. The first kappa shape index (κ1) is 20.7. The normalized spacial score (nSPS) is 12.0. The standard InChI is InChI=1S/C20H34O2/c1-2-3-4-5-6-7-8-9-10-11-12-13-14-15-16-17-18-19-20(21)22/h3-4,8-9,13-14H,2,5-7,10-12,15-19H2,1H3,(H,21,22). The van der Waals surface area contributed by atoms with E-state index in [4.69, 9.17) is 5.11 Å². The van der Waals surface area contributed by atoms with Crippen LogP contribution in [0.15, 0.2) is 36.5 Å². The monoisotopic (exact) mass is 306 g/mol. The van der Waals surface area contributed by atoms with Gasteiger partial charge in [-0.2, -0.15) is 0 Å². The smallest absolute Gasteiger partial charge is 0.303 e. The summed E-state index contributed by atoms with van der Waals surface area (Å²) in [7, 11) is 0. The molecule has 2 heteroatoms. The lowest BCUT2D eigenvalue weighted by Gasteiger charge is -1.95. The highest BCUT2D eigenvalue weighted by molar-refractivity contribution is 5.66. The average Bonchev–Trinajstić information content (AvgIpc) is 2.50. The topological polar surface area (TPSA) is 37.3 Å². The van der Waals surface area contributed by atoms with Crippen LogP contribution in [-0.2, 0) is 4.79 Å². The number of allylic oxidation sites excluding steroid dienone is 6. The first-order chi connectivity index (χ1) is 10.8.